The first-order valence-corrected chi connectivity index (χ1v) is 11.8. The van der Waals surface area contributed by atoms with Crippen molar-refractivity contribution in [3.63, 3.8) is 0 Å². The quantitative estimate of drug-likeness (QED) is 0.161. The zero-order valence-corrected chi connectivity index (χ0v) is 19.5. The van der Waals surface area contributed by atoms with Gasteiger partial charge in [-0.3, -0.25) is 4.79 Å². The van der Waals surface area contributed by atoms with Gasteiger partial charge in [-0.05, 0) is 73.0 Å². The van der Waals surface area contributed by atoms with Crippen LogP contribution in [-0.4, -0.2) is 21.5 Å². The lowest BCUT2D eigenvalue weighted by atomic mass is 10.1. The van der Waals surface area contributed by atoms with E-state index in [9.17, 15) is 18.0 Å². The van der Waals surface area contributed by atoms with Gasteiger partial charge in [0.25, 0.3) is 0 Å². The SMILES string of the molecule is CCC(=O)Oc1ccc(SCCc2cccc3c2cnn3-c2ccc(C(F)(F)F)cc2)cc1C. The summed E-state index contributed by atoms with van der Waals surface area (Å²) < 4.78 is 45.6. The van der Waals surface area contributed by atoms with Gasteiger partial charge in [0.15, 0.2) is 0 Å². The Morgan fingerprint density at radius 1 is 1.09 bits per heavy atom. The summed E-state index contributed by atoms with van der Waals surface area (Å²) in [6.45, 7) is 3.67. The number of hydrogen-bond donors (Lipinski definition) is 0. The standard InChI is InChI=1S/C26H23F3N2O2S/c1-3-25(32)33-24-12-11-21(15-17(24)2)34-14-13-18-5-4-6-23-22(18)16-30-31(23)20-9-7-19(8-10-20)26(27,28)29/h4-12,15-16H,3,13-14H2,1-2H3. The lowest BCUT2D eigenvalue weighted by molar-refractivity contribution is -0.137. The van der Waals surface area contributed by atoms with E-state index in [-0.39, 0.29) is 5.97 Å². The number of esters is 1. The number of alkyl halides is 3. The van der Waals surface area contributed by atoms with E-state index in [2.05, 4.69) is 5.10 Å². The molecule has 0 saturated carbocycles. The van der Waals surface area contributed by atoms with E-state index < -0.39 is 11.7 Å². The number of ether oxygens (including phenoxy) is 1. The Balaban J connectivity index is 1.46. The number of benzene rings is 3. The third-order valence-electron chi connectivity index (χ3n) is 5.44. The first-order chi connectivity index (χ1) is 16.3. The molecule has 0 spiro atoms. The van der Waals surface area contributed by atoms with Crippen molar-refractivity contribution < 1.29 is 22.7 Å². The molecule has 3 aromatic carbocycles. The molecular formula is C26H23F3N2O2S. The molecule has 0 saturated heterocycles. The second-order valence-corrected chi connectivity index (χ2v) is 8.97. The lowest BCUT2D eigenvalue weighted by Crippen LogP contribution is -2.06. The fraction of sp³-hybridized carbons (Fsp3) is 0.231. The molecule has 0 N–H and O–H groups in total. The minimum absolute atomic E-state index is 0.256. The highest BCUT2D eigenvalue weighted by atomic mass is 32.2. The largest absolute Gasteiger partial charge is 0.426 e. The highest BCUT2D eigenvalue weighted by Crippen LogP contribution is 2.31. The summed E-state index contributed by atoms with van der Waals surface area (Å²) in [6, 6.07) is 16.7. The molecule has 4 aromatic rings. The average molecular weight is 485 g/mol. The number of carbonyl (C=O) groups excluding carboxylic acids is 1. The maximum absolute atomic E-state index is 12.9. The zero-order chi connectivity index (χ0) is 24.3. The van der Waals surface area contributed by atoms with Gasteiger partial charge < -0.3 is 4.74 Å². The number of halogens is 3. The number of carbonyl (C=O) groups is 1. The van der Waals surface area contributed by atoms with Crippen LogP contribution in [0.1, 0.15) is 30.0 Å². The van der Waals surface area contributed by atoms with E-state index in [1.54, 1.807) is 29.6 Å². The molecule has 0 aliphatic carbocycles. The van der Waals surface area contributed by atoms with Crippen molar-refractivity contribution in [3.05, 3.63) is 83.6 Å². The monoisotopic (exact) mass is 484 g/mol. The Morgan fingerprint density at radius 3 is 2.53 bits per heavy atom. The van der Waals surface area contributed by atoms with Gasteiger partial charge >= 0.3 is 12.1 Å². The summed E-state index contributed by atoms with van der Waals surface area (Å²) in [4.78, 5) is 12.6. The first-order valence-electron chi connectivity index (χ1n) is 10.8. The molecule has 0 fully saturated rings. The predicted molar refractivity (Wildman–Crippen MR) is 128 cm³/mol. The van der Waals surface area contributed by atoms with Crippen LogP contribution in [0.3, 0.4) is 0 Å². The van der Waals surface area contributed by atoms with Gasteiger partial charge in [-0.1, -0.05) is 19.1 Å². The van der Waals surface area contributed by atoms with Gasteiger partial charge in [0, 0.05) is 22.5 Å². The van der Waals surface area contributed by atoms with Crippen LogP contribution in [0.15, 0.2) is 71.8 Å². The van der Waals surface area contributed by atoms with Crippen molar-refractivity contribution in [1.29, 1.82) is 0 Å². The Morgan fingerprint density at radius 2 is 1.85 bits per heavy atom. The topological polar surface area (TPSA) is 44.1 Å². The molecule has 0 aliphatic rings. The third kappa shape index (κ3) is 5.28. The molecule has 0 atom stereocenters. The normalized spacial score (nSPS) is 11.7. The highest BCUT2D eigenvalue weighted by molar-refractivity contribution is 7.99. The van der Waals surface area contributed by atoms with Crippen molar-refractivity contribution in [2.24, 2.45) is 0 Å². The highest BCUT2D eigenvalue weighted by Gasteiger charge is 2.30. The Kier molecular flexibility index (Phi) is 6.97. The molecule has 176 valence electrons. The first kappa shape index (κ1) is 23.9. The summed E-state index contributed by atoms with van der Waals surface area (Å²) in [5.41, 5.74) is 2.77. The third-order valence-corrected chi connectivity index (χ3v) is 6.44. The van der Waals surface area contributed by atoms with Gasteiger partial charge in [-0.15, -0.1) is 11.8 Å². The van der Waals surface area contributed by atoms with Crippen LogP contribution in [0.25, 0.3) is 16.6 Å². The van der Waals surface area contributed by atoms with Crippen LogP contribution in [0.2, 0.25) is 0 Å². The molecule has 4 nitrogen and oxygen atoms in total. The zero-order valence-electron chi connectivity index (χ0n) is 18.7. The van der Waals surface area contributed by atoms with Crippen LogP contribution in [0.4, 0.5) is 13.2 Å². The molecular weight excluding hydrogens is 461 g/mol. The number of rotatable bonds is 7. The Labute approximate surface area is 199 Å². The van der Waals surface area contributed by atoms with E-state index in [4.69, 9.17) is 4.74 Å². The van der Waals surface area contributed by atoms with Crippen molar-refractivity contribution in [2.75, 3.05) is 5.75 Å². The molecule has 0 bridgehead atoms. The van der Waals surface area contributed by atoms with Crippen LogP contribution in [0.5, 0.6) is 5.75 Å². The molecule has 0 aliphatic heterocycles. The summed E-state index contributed by atoms with van der Waals surface area (Å²) in [7, 11) is 0. The van der Waals surface area contributed by atoms with Crippen molar-refractivity contribution >= 4 is 28.6 Å². The maximum Gasteiger partial charge on any atom is 0.416 e. The molecule has 1 heterocycles. The van der Waals surface area contributed by atoms with Crippen molar-refractivity contribution in [2.45, 2.75) is 37.8 Å². The van der Waals surface area contributed by atoms with Gasteiger partial charge in [0.1, 0.15) is 5.75 Å². The Hall–Kier alpha value is -3.26. The van der Waals surface area contributed by atoms with E-state index >= 15 is 0 Å². The lowest BCUT2D eigenvalue weighted by Gasteiger charge is -2.10. The van der Waals surface area contributed by atoms with Crippen LogP contribution < -0.4 is 4.74 Å². The Bertz CT molecular complexity index is 1310. The fourth-order valence-corrected chi connectivity index (χ4v) is 4.61. The van der Waals surface area contributed by atoms with E-state index in [1.807, 2.05) is 43.3 Å². The molecule has 8 heteroatoms. The van der Waals surface area contributed by atoms with Gasteiger partial charge in [0.05, 0.1) is 23.0 Å². The van der Waals surface area contributed by atoms with Crippen molar-refractivity contribution in [1.82, 2.24) is 9.78 Å². The number of hydrogen-bond acceptors (Lipinski definition) is 4. The van der Waals surface area contributed by atoms with Crippen LogP contribution in [0, 0.1) is 6.92 Å². The molecule has 1 aromatic heterocycles. The summed E-state index contributed by atoms with van der Waals surface area (Å²) in [6.07, 6.45) is -1.48. The van der Waals surface area contributed by atoms with Gasteiger partial charge in [-0.25, -0.2) is 4.68 Å². The number of aromatic nitrogens is 2. The average Bonchev–Trinajstić information content (AvgIpc) is 3.25. The van der Waals surface area contributed by atoms with Gasteiger partial charge in [-0.2, -0.15) is 18.3 Å². The number of fused-ring (bicyclic) bond motifs is 1. The maximum atomic E-state index is 12.9. The minimum Gasteiger partial charge on any atom is -0.426 e. The van der Waals surface area contributed by atoms with E-state index in [0.717, 1.165) is 51.2 Å². The molecule has 4 rings (SSSR count). The van der Waals surface area contributed by atoms with E-state index in [0.29, 0.717) is 17.9 Å². The van der Waals surface area contributed by atoms with Crippen LogP contribution >= 0.6 is 11.8 Å². The smallest absolute Gasteiger partial charge is 0.416 e. The number of thioether (sulfide) groups is 1. The second kappa shape index (κ2) is 9.93. The number of nitrogens with zero attached hydrogens (tertiary/aromatic N) is 2. The fourth-order valence-electron chi connectivity index (χ4n) is 3.63. The van der Waals surface area contributed by atoms with Gasteiger partial charge in [0.2, 0.25) is 0 Å². The molecule has 34 heavy (non-hydrogen) atoms. The van der Waals surface area contributed by atoms with Crippen LogP contribution in [-0.2, 0) is 17.4 Å². The molecule has 0 amide bonds. The predicted octanol–water partition coefficient (Wildman–Crippen LogP) is 7.00. The summed E-state index contributed by atoms with van der Waals surface area (Å²) >= 11 is 1.70. The summed E-state index contributed by atoms with van der Waals surface area (Å²) in [5.74, 6) is 1.16. The molecule has 0 radical (unpaired) electrons. The minimum atomic E-state index is -4.37. The second-order valence-electron chi connectivity index (χ2n) is 7.80. The number of aryl methyl sites for hydroxylation is 2. The summed E-state index contributed by atoms with van der Waals surface area (Å²) in [5, 5.41) is 5.40. The van der Waals surface area contributed by atoms with E-state index in [1.165, 1.54) is 12.1 Å². The molecule has 0 unspecified atom stereocenters. The van der Waals surface area contributed by atoms with Crippen molar-refractivity contribution in [3.8, 4) is 11.4 Å².